The highest BCUT2D eigenvalue weighted by Gasteiger charge is 2.10. The highest BCUT2D eigenvalue weighted by Crippen LogP contribution is 2.15. The molecule has 0 aliphatic rings. The van der Waals surface area contributed by atoms with Gasteiger partial charge in [-0.3, -0.25) is 9.36 Å². The van der Waals surface area contributed by atoms with Gasteiger partial charge in [-0.25, -0.2) is 0 Å². The predicted octanol–water partition coefficient (Wildman–Crippen LogP) is -0.711. The van der Waals surface area contributed by atoms with Gasteiger partial charge in [-0.1, -0.05) is 0 Å². The van der Waals surface area contributed by atoms with Gasteiger partial charge in [0.15, 0.2) is 8.03 Å². The van der Waals surface area contributed by atoms with E-state index in [0.717, 1.165) is 0 Å². The zero-order valence-corrected chi connectivity index (χ0v) is 6.15. The molecule has 2 unspecified atom stereocenters. The van der Waals surface area contributed by atoms with Gasteiger partial charge in [-0.2, -0.15) is 0 Å². The van der Waals surface area contributed by atoms with E-state index >= 15 is 0 Å². The maximum Gasteiger partial charge on any atom is 0.305 e. The van der Waals surface area contributed by atoms with E-state index in [1.54, 1.807) is 0 Å². The molecular formula is C4H9O5P. The third-order valence-corrected chi connectivity index (χ3v) is 1.64. The summed E-state index contributed by atoms with van der Waals surface area (Å²) in [4.78, 5) is 18.1. The first-order valence-electron chi connectivity index (χ1n) is 2.64. The highest BCUT2D eigenvalue weighted by atomic mass is 31.1. The summed E-state index contributed by atoms with van der Waals surface area (Å²) < 4.78 is 10.0. The van der Waals surface area contributed by atoms with Crippen molar-refractivity contribution in [3.05, 3.63) is 0 Å². The molecule has 0 spiro atoms. The Morgan fingerprint density at radius 3 is 2.40 bits per heavy atom. The second-order valence-electron chi connectivity index (χ2n) is 1.85. The average molecular weight is 168 g/mol. The number of carboxylic acids is 1. The monoisotopic (exact) mass is 168 g/mol. The second kappa shape index (κ2) is 4.44. The van der Waals surface area contributed by atoms with Crippen molar-refractivity contribution in [3.8, 4) is 0 Å². The van der Waals surface area contributed by atoms with E-state index in [1.807, 2.05) is 0 Å². The molecular weight excluding hydrogens is 159 g/mol. The van der Waals surface area contributed by atoms with Gasteiger partial charge in [0.25, 0.3) is 0 Å². The van der Waals surface area contributed by atoms with E-state index in [2.05, 4.69) is 0 Å². The van der Waals surface area contributed by atoms with E-state index in [9.17, 15) is 9.36 Å². The quantitative estimate of drug-likeness (QED) is 0.482. The lowest BCUT2D eigenvalue weighted by Gasteiger charge is -2.02. The summed E-state index contributed by atoms with van der Waals surface area (Å²) >= 11 is 0. The third kappa shape index (κ3) is 5.75. The zero-order valence-electron chi connectivity index (χ0n) is 5.15. The molecule has 0 saturated heterocycles. The molecule has 10 heavy (non-hydrogen) atoms. The van der Waals surface area contributed by atoms with Crippen molar-refractivity contribution in [1.29, 1.82) is 0 Å². The van der Waals surface area contributed by atoms with Crippen molar-refractivity contribution >= 4 is 14.0 Å². The molecule has 0 radical (unpaired) electrons. The van der Waals surface area contributed by atoms with Gasteiger partial charge in [0.05, 0.1) is 12.5 Å². The molecule has 3 N–H and O–H groups in total. The van der Waals surface area contributed by atoms with Crippen molar-refractivity contribution in [1.82, 2.24) is 0 Å². The lowest BCUT2D eigenvalue weighted by atomic mass is 10.3. The molecule has 5 nitrogen and oxygen atoms in total. The van der Waals surface area contributed by atoms with Crippen LogP contribution in [0.25, 0.3) is 0 Å². The topological polar surface area (TPSA) is 94.8 Å². The van der Waals surface area contributed by atoms with Crippen molar-refractivity contribution in [2.75, 3.05) is 6.16 Å². The van der Waals surface area contributed by atoms with Crippen LogP contribution in [0.5, 0.6) is 0 Å². The fourth-order valence-electron chi connectivity index (χ4n) is 0.475. The van der Waals surface area contributed by atoms with Gasteiger partial charge in [0.1, 0.15) is 0 Å². The molecule has 0 fully saturated rings. The average Bonchev–Trinajstić information content (AvgIpc) is 1.58. The van der Waals surface area contributed by atoms with Crippen LogP contribution in [-0.2, 0) is 9.36 Å². The van der Waals surface area contributed by atoms with E-state index < -0.39 is 26.5 Å². The van der Waals surface area contributed by atoms with Gasteiger partial charge in [0, 0.05) is 6.16 Å². The van der Waals surface area contributed by atoms with Crippen molar-refractivity contribution < 1.29 is 24.5 Å². The molecule has 0 aromatic rings. The minimum Gasteiger partial charge on any atom is -0.481 e. The normalized spacial score (nSPS) is 16.2. The van der Waals surface area contributed by atoms with Gasteiger partial charge >= 0.3 is 5.97 Å². The molecule has 60 valence electrons. The number of aliphatic hydroxyl groups is 1. The Hall–Kier alpha value is -0.380. The SMILES string of the molecule is O=C(O)CC(O)C[PH](=O)O. The summed E-state index contributed by atoms with van der Waals surface area (Å²) in [5.41, 5.74) is 0. The van der Waals surface area contributed by atoms with Gasteiger partial charge in [0.2, 0.25) is 0 Å². The molecule has 6 heteroatoms. The number of rotatable bonds is 4. The van der Waals surface area contributed by atoms with Crippen molar-refractivity contribution in [2.45, 2.75) is 12.5 Å². The first kappa shape index (κ1) is 9.62. The fourth-order valence-corrected chi connectivity index (χ4v) is 1.02. The van der Waals surface area contributed by atoms with Gasteiger partial charge in [-0.15, -0.1) is 0 Å². The van der Waals surface area contributed by atoms with Crippen LogP contribution >= 0.6 is 8.03 Å². The Morgan fingerprint density at radius 2 is 2.10 bits per heavy atom. The maximum atomic E-state index is 10.0. The first-order chi connectivity index (χ1) is 4.52. The molecule has 2 atom stereocenters. The summed E-state index contributed by atoms with van der Waals surface area (Å²) in [6.45, 7) is 0. The Bertz CT molecular complexity index is 129. The van der Waals surface area contributed by atoms with Crippen LogP contribution in [-0.4, -0.2) is 33.3 Å². The van der Waals surface area contributed by atoms with E-state index in [4.69, 9.17) is 15.1 Å². The van der Waals surface area contributed by atoms with Crippen molar-refractivity contribution in [2.24, 2.45) is 0 Å². The molecule has 0 amide bonds. The largest absolute Gasteiger partial charge is 0.481 e. The summed E-state index contributed by atoms with van der Waals surface area (Å²) in [5, 5.41) is 16.7. The van der Waals surface area contributed by atoms with Gasteiger partial charge < -0.3 is 15.1 Å². The minimum atomic E-state index is -2.74. The first-order valence-corrected chi connectivity index (χ1v) is 4.20. The summed E-state index contributed by atoms with van der Waals surface area (Å²) in [6.07, 6.45) is -2.01. The van der Waals surface area contributed by atoms with E-state index in [1.165, 1.54) is 0 Å². The molecule has 0 aliphatic carbocycles. The Balaban J connectivity index is 3.53. The molecule has 0 rings (SSSR count). The van der Waals surface area contributed by atoms with Crippen LogP contribution in [0.4, 0.5) is 0 Å². The standard InChI is InChI=1S/C4H9O5P/c5-3(1-4(6)7)2-10(8)9/h3,5,10H,1-2H2,(H,6,7)(H,8,9). The number of hydrogen-bond acceptors (Lipinski definition) is 3. The molecule has 0 bridgehead atoms. The molecule has 0 aromatic carbocycles. The Morgan fingerprint density at radius 1 is 1.60 bits per heavy atom. The lowest BCUT2D eigenvalue weighted by molar-refractivity contribution is -0.138. The molecule has 0 saturated carbocycles. The van der Waals surface area contributed by atoms with Crippen LogP contribution in [0.1, 0.15) is 6.42 Å². The van der Waals surface area contributed by atoms with Gasteiger partial charge in [-0.05, 0) is 0 Å². The van der Waals surface area contributed by atoms with E-state index in [0.29, 0.717) is 0 Å². The highest BCUT2D eigenvalue weighted by molar-refractivity contribution is 7.38. The summed E-state index contributed by atoms with van der Waals surface area (Å²) in [7, 11) is -2.74. The third-order valence-electron chi connectivity index (χ3n) is 0.820. The van der Waals surface area contributed by atoms with Crippen molar-refractivity contribution in [3.63, 3.8) is 0 Å². The number of aliphatic hydroxyl groups excluding tert-OH is 1. The van der Waals surface area contributed by atoms with Crippen LogP contribution in [0.15, 0.2) is 0 Å². The number of hydrogen-bond donors (Lipinski definition) is 3. The van der Waals surface area contributed by atoms with Crippen LogP contribution in [0, 0.1) is 0 Å². The molecule has 0 aliphatic heterocycles. The lowest BCUT2D eigenvalue weighted by Crippen LogP contribution is -2.15. The fraction of sp³-hybridized carbons (Fsp3) is 0.750. The van der Waals surface area contributed by atoms with Crippen LogP contribution < -0.4 is 0 Å². The predicted molar refractivity (Wildman–Crippen MR) is 34.3 cm³/mol. The smallest absolute Gasteiger partial charge is 0.305 e. The Kier molecular flexibility index (Phi) is 4.27. The minimum absolute atomic E-state index is 0.336. The van der Waals surface area contributed by atoms with Crippen LogP contribution in [0.3, 0.4) is 0 Å². The Labute approximate surface area is 58.2 Å². The number of aliphatic carboxylic acids is 1. The maximum absolute atomic E-state index is 10.0. The number of carbonyl (C=O) groups is 1. The summed E-state index contributed by atoms with van der Waals surface area (Å²) in [6, 6.07) is 0. The zero-order chi connectivity index (χ0) is 8.15. The van der Waals surface area contributed by atoms with E-state index in [-0.39, 0.29) is 6.16 Å². The molecule has 0 heterocycles. The molecule has 0 aromatic heterocycles. The summed E-state index contributed by atoms with van der Waals surface area (Å²) in [5.74, 6) is -1.17. The van der Waals surface area contributed by atoms with Crippen LogP contribution in [0.2, 0.25) is 0 Å². The second-order valence-corrected chi connectivity index (χ2v) is 3.05. The number of carboxylic acid groups (broad SMARTS) is 1.